The van der Waals surface area contributed by atoms with Crippen LogP contribution in [-0.2, 0) is 9.53 Å². The van der Waals surface area contributed by atoms with E-state index in [1.54, 1.807) is 36.4 Å². The van der Waals surface area contributed by atoms with E-state index in [2.05, 4.69) is 10.1 Å². The van der Waals surface area contributed by atoms with Gasteiger partial charge in [0.2, 0.25) is 0 Å². The summed E-state index contributed by atoms with van der Waals surface area (Å²) in [5.41, 5.74) is 1.73. The van der Waals surface area contributed by atoms with Crippen molar-refractivity contribution in [2.75, 3.05) is 26.1 Å². The molecule has 0 fully saturated rings. The number of benzene rings is 2. The lowest BCUT2D eigenvalue weighted by Crippen LogP contribution is -2.21. The number of hydrogen-bond acceptors (Lipinski definition) is 5. The van der Waals surface area contributed by atoms with Crippen LogP contribution in [0.1, 0.15) is 15.9 Å². The highest BCUT2D eigenvalue weighted by atomic mass is 16.5. The molecule has 0 radical (unpaired) electrons. The number of amides is 1. The van der Waals surface area contributed by atoms with Crippen molar-refractivity contribution in [3.8, 4) is 11.5 Å². The third kappa shape index (κ3) is 4.25. The standard InChI is InChI=1S/C18H19NO5/c1-12-8-9-13(18(21)23-3)10-14(12)19-17(20)11-24-16-7-5-4-6-15(16)22-2/h4-10H,11H2,1-3H3,(H,19,20). The molecule has 1 N–H and O–H groups in total. The SMILES string of the molecule is COC(=O)c1ccc(C)c(NC(=O)COc2ccccc2OC)c1. The second kappa shape index (κ2) is 8.01. The molecular weight excluding hydrogens is 310 g/mol. The van der Waals surface area contributed by atoms with Crippen LogP contribution < -0.4 is 14.8 Å². The van der Waals surface area contributed by atoms with Crippen molar-refractivity contribution in [3.63, 3.8) is 0 Å². The normalized spacial score (nSPS) is 9.96. The summed E-state index contributed by atoms with van der Waals surface area (Å²) in [6, 6.07) is 12.0. The number of rotatable bonds is 6. The average Bonchev–Trinajstić information content (AvgIpc) is 2.61. The van der Waals surface area contributed by atoms with Crippen LogP contribution in [0, 0.1) is 6.92 Å². The van der Waals surface area contributed by atoms with Gasteiger partial charge in [0.05, 0.1) is 19.8 Å². The fourth-order valence-corrected chi connectivity index (χ4v) is 2.07. The second-order valence-corrected chi connectivity index (χ2v) is 5.01. The van der Waals surface area contributed by atoms with Crippen LogP contribution in [0.25, 0.3) is 0 Å². The van der Waals surface area contributed by atoms with E-state index in [4.69, 9.17) is 9.47 Å². The molecule has 0 bridgehead atoms. The molecular formula is C18H19NO5. The minimum Gasteiger partial charge on any atom is -0.493 e. The predicted octanol–water partition coefficient (Wildman–Crippen LogP) is 2.81. The van der Waals surface area contributed by atoms with Crippen molar-refractivity contribution in [2.24, 2.45) is 0 Å². The molecule has 0 aliphatic carbocycles. The lowest BCUT2D eigenvalue weighted by Gasteiger charge is -2.12. The van der Waals surface area contributed by atoms with Crippen molar-refractivity contribution in [1.29, 1.82) is 0 Å². The lowest BCUT2D eigenvalue weighted by atomic mass is 10.1. The fraction of sp³-hybridized carbons (Fsp3) is 0.222. The number of esters is 1. The molecule has 0 aromatic heterocycles. The van der Waals surface area contributed by atoms with Gasteiger partial charge in [-0.1, -0.05) is 18.2 Å². The van der Waals surface area contributed by atoms with E-state index in [0.717, 1.165) is 5.56 Å². The van der Waals surface area contributed by atoms with Crippen LogP contribution in [0.3, 0.4) is 0 Å². The number of ether oxygens (including phenoxy) is 3. The molecule has 0 aliphatic heterocycles. The highest BCUT2D eigenvalue weighted by Gasteiger charge is 2.11. The van der Waals surface area contributed by atoms with Gasteiger partial charge in [0.1, 0.15) is 0 Å². The molecule has 0 spiro atoms. The number of aryl methyl sites for hydroxylation is 1. The molecule has 1 amide bonds. The first-order valence-electron chi connectivity index (χ1n) is 7.29. The predicted molar refractivity (Wildman–Crippen MR) is 89.6 cm³/mol. The van der Waals surface area contributed by atoms with Gasteiger partial charge in [-0.25, -0.2) is 4.79 Å². The Morgan fingerprint density at radius 1 is 1.04 bits per heavy atom. The highest BCUT2D eigenvalue weighted by molar-refractivity contribution is 5.95. The Morgan fingerprint density at radius 2 is 1.75 bits per heavy atom. The fourth-order valence-electron chi connectivity index (χ4n) is 2.07. The van der Waals surface area contributed by atoms with Gasteiger partial charge in [-0.2, -0.15) is 0 Å². The number of anilines is 1. The largest absolute Gasteiger partial charge is 0.493 e. The Kier molecular flexibility index (Phi) is 5.78. The van der Waals surface area contributed by atoms with Crippen LogP contribution in [0.5, 0.6) is 11.5 Å². The molecule has 0 aliphatic rings. The zero-order chi connectivity index (χ0) is 17.5. The zero-order valence-corrected chi connectivity index (χ0v) is 13.8. The van der Waals surface area contributed by atoms with Gasteiger partial charge in [0.15, 0.2) is 18.1 Å². The zero-order valence-electron chi connectivity index (χ0n) is 13.8. The number of methoxy groups -OCH3 is 2. The number of carbonyl (C=O) groups is 2. The van der Waals surface area contributed by atoms with E-state index in [-0.39, 0.29) is 12.5 Å². The minimum absolute atomic E-state index is 0.178. The third-order valence-electron chi connectivity index (χ3n) is 3.36. The topological polar surface area (TPSA) is 73.9 Å². The monoisotopic (exact) mass is 329 g/mol. The number of carbonyl (C=O) groups excluding carboxylic acids is 2. The van der Waals surface area contributed by atoms with Gasteiger partial charge >= 0.3 is 5.97 Å². The maximum absolute atomic E-state index is 12.1. The Morgan fingerprint density at radius 3 is 2.42 bits per heavy atom. The molecule has 2 rings (SSSR count). The molecule has 0 unspecified atom stereocenters. The quantitative estimate of drug-likeness (QED) is 0.825. The molecule has 0 heterocycles. The molecule has 0 atom stereocenters. The first-order valence-corrected chi connectivity index (χ1v) is 7.29. The number of para-hydroxylation sites is 2. The lowest BCUT2D eigenvalue weighted by molar-refractivity contribution is -0.118. The Bertz CT molecular complexity index is 742. The van der Waals surface area contributed by atoms with E-state index in [9.17, 15) is 9.59 Å². The van der Waals surface area contributed by atoms with E-state index < -0.39 is 5.97 Å². The van der Waals surface area contributed by atoms with Crippen molar-refractivity contribution in [1.82, 2.24) is 0 Å². The van der Waals surface area contributed by atoms with Crippen molar-refractivity contribution in [2.45, 2.75) is 6.92 Å². The van der Waals surface area contributed by atoms with Crippen LogP contribution in [0.4, 0.5) is 5.69 Å². The molecule has 0 saturated heterocycles. The van der Waals surface area contributed by atoms with Gasteiger partial charge in [-0.05, 0) is 36.8 Å². The van der Waals surface area contributed by atoms with Gasteiger partial charge in [0, 0.05) is 5.69 Å². The maximum Gasteiger partial charge on any atom is 0.337 e. The summed E-state index contributed by atoms with van der Waals surface area (Å²) in [6.45, 7) is 1.65. The highest BCUT2D eigenvalue weighted by Crippen LogP contribution is 2.25. The first-order chi connectivity index (χ1) is 11.5. The second-order valence-electron chi connectivity index (χ2n) is 5.01. The van der Waals surface area contributed by atoms with Gasteiger partial charge < -0.3 is 19.5 Å². The summed E-state index contributed by atoms with van der Waals surface area (Å²) >= 11 is 0. The summed E-state index contributed by atoms with van der Waals surface area (Å²) in [5, 5.41) is 2.72. The molecule has 24 heavy (non-hydrogen) atoms. The Labute approximate surface area is 140 Å². The van der Waals surface area contributed by atoms with Crippen molar-refractivity contribution >= 4 is 17.6 Å². The minimum atomic E-state index is -0.462. The summed E-state index contributed by atoms with van der Waals surface area (Å²) in [7, 11) is 2.84. The summed E-state index contributed by atoms with van der Waals surface area (Å²) in [4.78, 5) is 23.7. The number of hydrogen-bond donors (Lipinski definition) is 1. The maximum atomic E-state index is 12.1. The Balaban J connectivity index is 2.03. The summed E-state index contributed by atoms with van der Waals surface area (Å²) < 4.78 is 15.3. The summed E-state index contributed by atoms with van der Waals surface area (Å²) in [6.07, 6.45) is 0. The molecule has 126 valence electrons. The van der Waals surface area contributed by atoms with E-state index >= 15 is 0 Å². The van der Waals surface area contributed by atoms with Gasteiger partial charge in [0.25, 0.3) is 5.91 Å². The van der Waals surface area contributed by atoms with Crippen LogP contribution in [0.15, 0.2) is 42.5 Å². The van der Waals surface area contributed by atoms with Crippen LogP contribution in [0.2, 0.25) is 0 Å². The van der Waals surface area contributed by atoms with Gasteiger partial charge in [-0.15, -0.1) is 0 Å². The molecule has 6 nitrogen and oxygen atoms in total. The van der Waals surface area contributed by atoms with Crippen LogP contribution in [-0.4, -0.2) is 32.7 Å². The van der Waals surface area contributed by atoms with E-state index in [0.29, 0.717) is 22.7 Å². The van der Waals surface area contributed by atoms with Gasteiger partial charge in [-0.3, -0.25) is 4.79 Å². The molecule has 6 heteroatoms. The molecule has 2 aromatic rings. The smallest absolute Gasteiger partial charge is 0.337 e. The van der Waals surface area contributed by atoms with E-state index in [1.165, 1.54) is 14.2 Å². The number of nitrogens with one attached hydrogen (secondary N) is 1. The first kappa shape index (κ1) is 17.3. The Hall–Kier alpha value is -3.02. The van der Waals surface area contributed by atoms with Crippen molar-refractivity contribution in [3.05, 3.63) is 53.6 Å². The summed E-state index contributed by atoms with van der Waals surface area (Å²) in [5.74, 6) is 0.228. The third-order valence-corrected chi connectivity index (χ3v) is 3.36. The van der Waals surface area contributed by atoms with Crippen LogP contribution >= 0.6 is 0 Å². The molecule has 0 saturated carbocycles. The average molecular weight is 329 g/mol. The van der Waals surface area contributed by atoms with Crippen molar-refractivity contribution < 1.29 is 23.8 Å². The van der Waals surface area contributed by atoms with E-state index in [1.807, 2.05) is 13.0 Å². The molecule has 2 aromatic carbocycles.